The van der Waals surface area contributed by atoms with Crippen molar-refractivity contribution in [3.05, 3.63) is 54.2 Å². The number of Topliss-reactive ketones (excluding diaryl/α,β-unsaturated/α-hetero) is 1. The molecule has 2 heterocycles. The third-order valence-corrected chi connectivity index (χ3v) is 7.48. The number of carbonyl (C=O) groups is 2. The highest BCUT2D eigenvalue weighted by atomic mass is 79.9. The molecular weight excluding hydrogens is 529 g/mol. The van der Waals surface area contributed by atoms with Crippen LogP contribution < -0.4 is 4.74 Å². The van der Waals surface area contributed by atoms with E-state index in [2.05, 4.69) is 20.9 Å². The van der Waals surface area contributed by atoms with Gasteiger partial charge in [-0.15, -0.1) is 0 Å². The molecule has 2 fully saturated rings. The summed E-state index contributed by atoms with van der Waals surface area (Å²) in [5, 5.41) is -0.597. The van der Waals surface area contributed by atoms with Gasteiger partial charge < -0.3 is 9.64 Å². The van der Waals surface area contributed by atoms with E-state index in [1.54, 1.807) is 12.0 Å². The number of carbonyl (C=O) groups excluding carboxylic acids is 2. The topological polar surface area (TPSA) is 93.6 Å². The van der Waals surface area contributed by atoms with E-state index in [-0.39, 0.29) is 28.5 Å². The Bertz CT molecular complexity index is 1080. The number of ether oxygens (including phenoxy) is 1. The van der Waals surface area contributed by atoms with Crippen LogP contribution in [0.5, 0.6) is 5.75 Å². The standard InChI is InChI=1S/C14H14BrNO3.C6H5F2NO2S.CH3F/c1-19-9-4-2-8(3-5-9)7-16-13-11(17)6-10(12(13)15)14(16)18;7-6(8)12(10,11)5-3-1-2-4-9-5;1-2/h2-5,10,12-13H,6-7H2,1H3;1-4,6H;1H3/i;;1D. The van der Waals surface area contributed by atoms with Crippen molar-refractivity contribution in [1.29, 1.82) is 0 Å². The SMILES string of the molecule is COc1ccc(CN2C(=O)C3CC(=O)C2C3Br)cc1.O=S(=O)(c1ccccn1)C(F)F.[2H]CF. The predicted molar refractivity (Wildman–Crippen MR) is 118 cm³/mol. The molecule has 0 spiro atoms. The predicted octanol–water partition coefficient (Wildman–Crippen LogP) is 3.42. The molecule has 2 aromatic rings. The van der Waals surface area contributed by atoms with Crippen LogP contribution in [0.3, 0.4) is 0 Å². The number of hydrogen-bond acceptors (Lipinski definition) is 6. The summed E-state index contributed by atoms with van der Waals surface area (Å²) < 4.78 is 65.8. The van der Waals surface area contributed by atoms with E-state index in [0.717, 1.165) is 23.6 Å². The number of sulfone groups is 1. The lowest BCUT2D eigenvalue weighted by atomic mass is 10.1. The quantitative estimate of drug-likeness (QED) is 0.528. The maximum Gasteiger partial charge on any atom is 0.342 e. The largest absolute Gasteiger partial charge is 0.497 e. The summed E-state index contributed by atoms with van der Waals surface area (Å²) in [6.45, 7) is 0.484. The van der Waals surface area contributed by atoms with E-state index in [1.807, 2.05) is 24.3 Å². The highest BCUT2D eigenvalue weighted by molar-refractivity contribution is 9.09. The Morgan fingerprint density at radius 1 is 1.24 bits per heavy atom. The van der Waals surface area contributed by atoms with E-state index >= 15 is 0 Å². The van der Waals surface area contributed by atoms with Crippen LogP contribution in [0, 0.1) is 5.92 Å². The number of fused-ring (bicyclic) bond motifs is 2. The molecule has 1 aromatic heterocycles. The minimum absolute atomic E-state index is 0.0225. The average molecular weight is 552 g/mol. The van der Waals surface area contributed by atoms with Gasteiger partial charge in [0.15, 0.2) is 10.8 Å². The van der Waals surface area contributed by atoms with Crippen molar-refractivity contribution in [3.63, 3.8) is 0 Å². The monoisotopic (exact) mass is 551 g/mol. The minimum Gasteiger partial charge on any atom is -0.497 e. The first-order chi connectivity index (χ1) is 16.1. The number of amides is 1. The molecular formula is C21H22BrF3N2O5S. The summed E-state index contributed by atoms with van der Waals surface area (Å²) in [7, 11) is -3.90. The summed E-state index contributed by atoms with van der Waals surface area (Å²) in [6, 6.07) is 11.1. The Hall–Kier alpha value is -2.47. The zero-order valence-corrected chi connectivity index (χ0v) is 19.8. The van der Waals surface area contributed by atoms with Gasteiger partial charge in [0.2, 0.25) is 5.91 Å². The number of halogens is 4. The molecule has 2 aliphatic rings. The number of benzene rings is 1. The molecule has 1 aromatic carbocycles. The molecule has 0 N–H and O–H groups in total. The van der Waals surface area contributed by atoms with Crippen molar-refractivity contribution in [2.45, 2.75) is 34.6 Å². The van der Waals surface area contributed by atoms with Crippen LogP contribution in [0.15, 0.2) is 53.7 Å². The van der Waals surface area contributed by atoms with Crippen molar-refractivity contribution in [1.82, 2.24) is 9.88 Å². The number of rotatable bonds is 5. The van der Waals surface area contributed by atoms with Gasteiger partial charge >= 0.3 is 5.76 Å². The van der Waals surface area contributed by atoms with Crippen molar-refractivity contribution >= 4 is 37.5 Å². The minimum atomic E-state index is -4.52. The number of likely N-dealkylation sites (tertiary alicyclic amines) is 1. The van der Waals surface area contributed by atoms with Crippen molar-refractivity contribution < 1.29 is 37.3 Å². The van der Waals surface area contributed by atoms with Crippen LogP contribution >= 0.6 is 15.9 Å². The zero-order valence-electron chi connectivity index (χ0n) is 18.4. The average Bonchev–Trinajstić information content (AvgIpc) is 3.23. The second kappa shape index (κ2) is 11.6. The van der Waals surface area contributed by atoms with Gasteiger partial charge in [-0.3, -0.25) is 14.0 Å². The Morgan fingerprint density at radius 3 is 2.36 bits per heavy atom. The molecule has 1 aliphatic carbocycles. The van der Waals surface area contributed by atoms with E-state index < -0.39 is 27.8 Å². The van der Waals surface area contributed by atoms with Crippen LogP contribution in [0.2, 0.25) is 0 Å². The normalized spacial score (nSPS) is 21.7. The number of piperidine rings is 1. The van der Waals surface area contributed by atoms with E-state index in [0.29, 0.717) is 13.0 Å². The molecule has 1 saturated heterocycles. The number of ketones is 1. The molecule has 2 bridgehead atoms. The van der Waals surface area contributed by atoms with Gasteiger partial charge in [-0.05, 0) is 29.8 Å². The summed E-state index contributed by atoms with van der Waals surface area (Å²) in [4.78, 5) is 29.0. The smallest absolute Gasteiger partial charge is 0.342 e. The van der Waals surface area contributed by atoms with Gasteiger partial charge in [0.1, 0.15) is 11.8 Å². The fourth-order valence-electron chi connectivity index (χ4n) is 3.48. The number of aromatic nitrogens is 1. The molecule has 12 heteroatoms. The van der Waals surface area contributed by atoms with Gasteiger partial charge in [-0.1, -0.05) is 34.1 Å². The molecule has 1 amide bonds. The number of methoxy groups -OCH3 is 1. The fraction of sp³-hybridized carbons (Fsp3) is 0.381. The molecule has 1 aliphatic heterocycles. The van der Waals surface area contributed by atoms with Gasteiger partial charge in [0, 0.05) is 19.2 Å². The number of nitrogens with zero attached hydrogens (tertiary/aromatic N) is 2. The number of pyridine rings is 1. The summed E-state index contributed by atoms with van der Waals surface area (Å²) in [5.41, 5.74) is 1.01. The molecule has 3 unspecified atom stereocenters. The van der Waals surface area contributed by atoms with Crippen LogP contribution in [0.4, 0.5) is 13.2 Å². The molecule has 7 nitrogen and oxygen atoms in total. The molecule has 1 saturated carbocycles. The molecule has 33 heavy (non-hydrogen) atoms. The lowest BCUT2D eigenvalue weighted by Crippen LogP contribution is -2.42. The molecule has 0 radical (unpaired) electrons. The van der Waals surface area contributed by atoms with E-state index in [9.17, 15) is 31.2 Å². The Balaban J connectivity index is 0.000000234. The zero-order chi connectivity index (χ0) is 25.5. The van der Waals surface area contributed by atoms with Crippen LogP contribution in [-0.2, 0) is 26.0 Å². The van der Waals surface area contributed by atoms with Gasteiger partial charge in [0.05, 0.1) is 26.4 Å². The maximum absolute atomic E-state index is 12.2. The first-order valence-corrected chi connectivity index (χ1v) is 11.9. The van der Waals surface area contributed by atoms with E-state index in [1.165, 1.54) is 12.1 Å². The van der Waals surface area contributed by atoms with Crippen molar-refractivity contribution in [2.75, 3.05) is 14.3 Å². The highest BCUT2D eigenvalue weighted by Gasteiger charge is 2.56. The van der Waals surface area contributed by atoms with Crippen LogP contribution in [-0.4, -0.2) is 60.9 Å². The first-order valence-electron chi connectivity index (χ1n) is 10.2. The maximum atomic E-state index is 12.2. The highest BCUT2D eigenvalue weighted by Crippen LogP contribution is 2.41. The lowest BCUT2D eigenvalue weighted by Gasteiger charge is -2.26. The Kier molecular flexibility index (Phi) is 8.84. The molecule has 4 rings (SSSR count). The van der Waals surface area contributed by atoms with E-state index in [4.69, 9.17) is 6.11 Å². The van der Waals surface area contributed by atoms with Crippen LogP contribution in [0.1, 0.15) is 13.4 Å². The van der Waals surface area contributed by atoms with Crippen molar-refractivity contribution in [3.8, 4) is 5.75 Å². The molecule has 180 valence electrons. The Labute approximate surface area is 199 Å². The van der Waals surface area contributed by atoms with Gasteiger partial charge in [0.25, 0.3) is 9.84 Å². The second-order valence-electron chi connectivity index (χ2n) is 6.95. The second-order valence-corrected chi connectivity index (χ2v) is 9.88. The van der Waals surface area contributed by atoms with Gasteiger partial charge in [-0.25, -0.2) is 13.4 Å². The van der Waals surface area contributed by atoms with Crippen molar-refractivity contribution in [2.24, 2.45) is 5.92 Å². The third-order valence-electron chi connectivity index (χ3n) is 5.05. The fourth-order valence-corrected chi connectivity index (χ4v) is 5.13. The van der Waals surface area contributed by atoms with Gasteiger partial charge in [-0.2, -0.15) is 8.78 Å². The first kappa shape index (κ1) is 25.2. The van der Waals surface area contributed by atoms with Crippen LogP contribution in [0.25, 0.3) is 0 Å². The summed E-state index contributed by atoms with van der Waals surface area (Å²) >= 11 is 3.49. The summed E-state index contributed by atoms with van der Waals surface area (Å²) in [5.74, 6) is -2.54. The molecule has 3 atom stereocenters. The lowest BCUT2D eigenvalue weighted by molar-refractivity contribution is -0.141. The summed E-state index contributed by atoms with van der Waals surface area (Å²) in [6.07, 6.45) is 1.54. The third kappa shape index (κ3) is 5.91. The Morgan fingerprint density at radius 2 is 1.88 bits per heavy atom. The number of alkyl halides is 4. The number of hydrogen-bond donors (Lipinski definition) is 0.